The number of hydrogen-bond acceptors (Lipinski definition) is 7. The SMILES string of the molecule is CC[Si](CC)(CC)O/C(=C/[C@@H]1[C@@H](C(C)C)CC=C(C)[C@@H]1C[C@@H](OC(=O)c1ccccc1)[C@](C)(/C=C\I)OCOC)C(=O)OC. The first-order valence-electron chi connectivity index (χ1n) is 15.8. The molecule has 44 heavy (non-hydrogen) atoms. The van der Waals surface area contributed by atoms with Crippen LogP contribution in [0.15, 0.2) is 64.0 Å². The lowest BCUT2D eigenvalue weighted by atomic mass is 9.65. The highest BCUT2D eigenvalue weighted by molar-refractivity contribution is 14.1. The van der Waals surface area contributed by atoms with E-state index in [1.807, 2.05) is 41.4 Å². The minimum Gasteiger partial charge on any atom is -0.539 e. The van der Waals surface area contributed by atoms with Crippen molar-refractivity contribution in [3.63, 3.8) is 0 Å². The van der Waals surface area contributed by atoms with Crippen molar-refractivity contribution in [3.8, 4) is 0 Å². The molecule has 246 valence electrons. The third-order valence-corrected chi connectivity index (χ3v) is 14.2. The molecule has 9 heteroatoms. The molecule has 0 saturated carbocycles. The Balaban J connectivity index is 2.69. The van der Waals surface area contributed by atoms with E-state index >= 15 is 0 Å². The first-order valence-corrected chi connectivity index (χ1v) is 19.5. The van der Waals surface area contributed by atoms with Crippen LogP contribution in [0.5, 0.6) is 0 Å². The van der Waals surface area contributed by atoms with E-state index in [4.69, 9.17) is 23.4 Å². The number of esters is 2. The van der Waals surface area contributed by atoms with Crippen LogP contribution in [0.1, 0.15) is 71.7 Å². The third-order valence-electron chi connectivity index (χ3n) is 9.35. The van der Waals surface area contributed by atoms with Gasteiger partial charge in [-0.1, -0.05) is 87.1 Å². The molecule has 0 unspecified atom stereocenters. The summed E-state index contributed by atoms with van der Waals surface area (Å²) in [5, 5.41) is 0. The molecule has 1 aromatic rings. The van der Waals surface area contributed by atoms with E-state index in [1.54, 1.807) is 19.2 Å². The molecular formula is C35H53IO7Si. The Morgan fingerprint density at radius 2 is 1.73 bits per heavy atom. The van der Waals surface area contributed by atoms with Gasteiger partial charge in [-0.3, -0.25) is 0 Å². The van der Waals surface area contributed by atoms with Crippen LogP contribution >= 0.6 is 22.6 Å². The molecule has 2 rings (SSSR count). The van der Waals surface area contributed by atoms with Crippen LogP contribution in [0, 0.1) is 23.7 Å². The molecular weight excluding hydrogens is 687 g/mol. The number of ether oxygens (including phenoxy) is 4. The van der Waals surface area contributed by atoms with Crippen molar-refractivity contribution in [2.75, 3.05) is 21.0 Å². The van der Waals surface area contributed by atoms with E-state index in [1.165, 1.54) is 12.7 Å². The number of halogens is 1. The number of rotatable bonds is 17. The summed E-state index contributed by atoms with van der Waals surface area (Å²) in [5.41, 5.74) is 0.682. The molecule has 0 heterocycles. The van der Waals surface area contributed by atoms with E-state index in [0.717, 1.165) is 24.6 Å². The van der Waals surface area contributed by atoms with Gasteiger partial charge in [0.1, 0.15) is 18.5 Å². The van der Waals surface area contributed by atoms with Gasteiger partial charge in [-0.05, 0) is 96.9 Å². The zero-order valence-electron chi connectivity index (χ0n) is 28.1. The third kappa shape index (κ3) is 10.0. The molecule has 0 fully saturated rings. The number of hydrogen-bond donors (Lipinski definition) is 0. The highest BCUT2D eigenvalue weighted by atomic mass is 127. The Morgan fingerprint density at radius 1 is 1.09 bits per heavy atom. The van der Waals surface area contributed by atoms with Crippen molar-refractivity contribution in [1.29, 1.82) is 0 Å². The van der Waals surface area contributed by atoms with Crippen molar-refractivity contribution in [1.82, 2.24) is 0 Å². The summed E-state index contributed by atoms with van der Waals surface area (Å²) in [5.74, 6) is -0.0884. The molecule has 0 spiro atoms. The average molecular weight is 741 g/mol. The zero-order chi connectivity index (χ0) is 32.9. The summed E-state index contributed by atoms with van der Waals surface area (Å²) >= 11 is 2.16. The van der Waals surface area contributed by atoms with Gasteiger partial charge in [-0.15, -0.1) is 0 Å². The zero-order valence-corrected chi connectivity index (χ0v) is 31.2. The van der Waals surface area contributed by atoms with Gasteiger partial charge in [0.15, 0.2) is 5.76 Å². The maximum absolute atomic E-state index is 13.5. The van der Waals surface area contributed by atoms with Gasteiger partial charge in [0.25, 0.3) is 8.32 Å². The van der Waals surface area contributed by atoms with Crippen molar-refractivity contribution >= 4 is 42.8 Å². The maximum atomic E-state index is 13.5. The van der Waals surface area contributed by atoms with Crippen LogP contribution in [0.25, 0.3) is 0 Å². The van der Waals surface area contributed by atoms with Gasteiger partial charge in [0.05, 0.1) is 12.7 Å². The fourth-order valence-electron chi connectivity index (χ4n) is 6.11. The lowest BCUT2D eigenvalue weighted by molar-refractivity contribution is -0.151. The van der Waals surface area contributed by atoms with E-state index in [-0.39, 0.29) is 24.5 Å². The van der Waals surface area contributed by atoms with Crippen LogP contribution in [0.3, 0.4) is 0 Å². The average Bonchev–Trinajstić information content (AvgIpc) is 3.03. The predicted octanol–water partition coefficient (Wildman–Crippen LogP) is 8.86. The Labute approximate surface area is 280 Å². The number of carbonyl (C=O) groups is 2. The normalized spacial score (nSPS) is 21.5. The summed E-state index contributed by atoms with van der Waals surface area (Å²) in [6.45, 7) is 15.0. The molecule has 0 aliphatic heterocycles. The molecule has 0 amide bonds. The number of methoxy groups -OCH3 is 2. The first-order chi connectivity index (χ1) is 20.9. The number of allylic oxidation sites excluding steroid dienone is 3. The summed E-state index contributed by atoms with van der Waals surface area (Å²) < 4.78 is 31.7. The standard InChI is InChI=1S/C35H53IO7Si/c1-10-44(11-2,12-3)43-31(34(38)40-9)22-30-28(25(4)5)19-18-26(6)29(30)23-32(35(7,20-21-36)41-24-39-8)42-33(37)27-16-14-13-15-17-27/h13-18,20-22,25,28-30,32H,10-12,19,23-24H2,1-9H3/b21-20-,31-22+/t28-,29+,30-,32-,35+/m1/s1. The van der Waals surface area contributed by atoms with Crippen LogP contribution < -0.4 is 0 Å². The van der Waals surface area contributed by atoms with Crippen LogP contribution in [-0.4, -0.2) is 53.0 Å². The van der Waals surface area contributed by atoms with Gasteiger partial charge >= 0.3 is 11.9 Å². The molecule has 0 saturated heterocycles. The van der Waals surface area contributed by atoms with E-state index in [2.05, 4.69) is 70.2 Å². The smallest absolute Gasteiger partial charge is 0.371 e. The number of benzene rings is 1. The monoisotopic (exact) mass is 740 g/mol. The summed E-state index contributed by atoms with van der Waals surface area (Å²) in [6.07, 6.45) is 6.92. The van der Waals surface area contributed by atoms with Crippen molar-refractivity contribution in [3.05, 3.63) is 69.5 Å². The van der Waals surface area contributed by atoms with Crippen LogP contribution in [-0.2, 0) is 28.2 Å². The quantitative estimate of drug-likeness (QED) is 0.0300. The van der Waals surface area contributed by atoms with Gasteiger partial charge < -0.3 is 23.4 Å². The second-order valence-electron chi connectivity index (χ2n) is 12.2. The van der Waals surface area contributed by atoms with E-state index in [0.29, 0.717) is 23.7 Å². The van der Waals surface area contributed by atoms with Crippen LogP contribution in [0.2, 0.25) is 18.1 Å². The molecule has 0 aromatic heterocycles. The Kier molecular flexibility index (Phi) is 15.9. The second-order valence-corrected chi connectivity index (χ2v) is 17.6. The first kappa shape index (κ1) is 38.2. The van der Waals surface area contributed by atoms with Gasteiger partial charge in [0.2, 0.25) is 0 Å². The molecule has 0 bridgehead atoms. The van der Waals surface area contributed by atoms with Crippen LogP contribution in [0.4, 0.5) is 0 Å². The lowest BCUT2D eigenvalue weighted by Gasteiger charge is -2.43. The molecule has 0 N–H and O–H groups in total. The largest absolute Gasteiger partial charge is 0.539 e. The Bertz CT molecular complexity index is 1140. The molecule has 1 aliphatic rings. The maximum Gasteiger partial charge on any atom is 0.371 e. The fraction of sp³-hybridized carbons (Fsp3) is 0.600. The van der Waals surface area contributed by atoms with E-state index < -0.39 is 32.0 Å². The van der Waals surface area contributed by atoms with Gasteiger partial charge in [-0.2, -0.15) is 0 Å². The fourth-order valence-corrected chi connectivity index (χ4v) is 9.38. The topological polar surface area (TPSA) is 80.3 Å². The summed E-state index contributed by atoms with van der Waals surface area (Å²) in [4.78, 5) is 26.7. The summed E-state index contributed by atoms with van der Waals surface area (Å²) in [6, 6.07) is 11.7. The Hall–Kier alpha value is -1.95. The Morgan fingerprint density at radius 3 is 2.25 bits per heavy atom. The molecule has 1 aliphatic carbocycles. The molecule has 0 radical (unpaired) electrons. The molecule has 7 nitrogen and oxygen atoms in total. The second kappa shape index (κ2) is 18.3. The lowest BCUT2D eigenvalue weighted by Crippen LogP contribution is -2.46. The number of carbonyl (C=O) groups excluding carboxylic acids is 2. The highest BCUT2D eigenvalue weighted by Gasteiger charge is 2.43. The highest BCUT2D eigenvalue weighted by Crippen LogP contribution is 2.45. The van der Waals surface area contributed by atoms with Crippen molar-refractivity contribution in [2.45, 2.75) is 91.1 Å². The minimum atomic E-state index is -2.18. The van der Waals surface area contributed by atoms with Crippen molar-refractivity contribution in [2.24, 2.45) is 23.7 Å². The predicted molar refractivity (Wildman–Crippen MR) is 187 cm³/mol. The minimum absolute atomic E-state index is 0.0341. The van der Waals surface area contributed by atoms with Gasteiger partial charge in [-0.25, -0.2) is 9.59 Å². The van der Waals surface area contributed by atoms with Crippen molar-refractivity contribution < 1.29 is 33.0 Å². The molecule has 5 atom stereocenters. The van der Waals surface area contributed by atoms with E-state index in [9.17, 15) is 9.59 Å². The molecule has 1 aromatic carbocycles. The summed E-state index contributed by atoms with van der Waals surface area (Å²) in [7, 11) is 0.802. The van der Waals surface area contributed by atoms with Gasteiger partial charge in [0, 0.05) is 7.11 Å².